The molecule has 0 atom stereocenters. The molecule has 0 fully saturated rings. The maximum absolute atomic E-state index is 11.6. The molecule has 0 aliphatic rings. The molecule has 20 heavy (non-hydrogen) atoms. The Kier molecular flexibility index (Phi) is 5.07. The van der Waals surface area contributed by atoms with E-state index in [-0.39, 0.29) is 5.97 Å². The van der Waals surface area contributed by atoms with Crippen molar-refractivity contribution >= 4 is 17.9 Å². The van der Waals surface area contributed by atoms with Gasteiger partial charge in [0.2, 0.25) is 0 Å². The summed E-state index contributed by atoms with van der Waals surface area (Å²) in [5.74, 6) is -0.360. The molecule has 0 bridgehead atoms. The molecule has 0 saturated carbocycles. The van der Waals surface area contributed by atoms with Gasteiger partial charge in [0.1, 0.15) is 0 Å². The third-order valence-corrected chi connectivity index (χ3v) is 2.94. The highest BCUT2D eigenvalue weighted by Gasteiger charge is 2.09. The lowest BCUT2D eigenvalue weighted by Crippen LogP contribution is -2.01. The lowest BCUT2D eigenvalue weighted by Gasteiger charge is -2.02. The van der Waals surface area contributed by atoms with Crippen LogP contribution >= 0.6 is 0 Å². The van der Waals surface area contributed by atoms with E-state index in [4.69, 9.17) is 4.74 Å². The third-order valence-electron chi connectivity index (χ3n) is 2.94. The van der Waals surface area contributed by atoms with Crippen LogP contribution in [0, 0.1) is 0 Å². The Morgan fingerprint density at radius 1 is 1.10 bits per heavy atom. The highest BCUT2D eigenvalue weighted by Crippen LogP contribution is 2.19. The van der Waals surface area contributed by atoms with Gasteiger partial charge in [0.05, 0.1) is 18.4 Å². The lowest BCUT2D eigenvalue weighted by atomic mass is 10.1. The minimum Gasteiger partial charge on any atom is -0.465 e. The van der Waals surface area contributed by atoms with Gasteiger partial charge in [-0.3, -0.25) is 4.99 Å². The molecule has 0 heterocycles. The largest absolute Gasteiger partial charge is 0.465 e. The minimum absolute atomic E-state index is 0.360. The molecule has 3 nitrogen and oxygen atoms in total. The number of benzene rings is 2. The number of aryl methyl sites for hydroxylation is 1. The summed E-state index contributed by atoms with van der Waals surface area (Å²) >= 11 is 0. The van der Waals surface area contributed by atoms with Crippen LogP contribution in [0.4, 0.5) is 5.69 Å². The van der Waals surface area contributed by atoms with Gasteiger partial charge in [-0.25, -0.2) is 4.79 Å². The summed E-state index contributed by atoms with van der Waals surface area (Å²) in [6.45, 7) is 0. The Balaban J connectivity index is 1.99. The Morgan fingerprint density at radius 2 is 1.80 bits per heavy atom. The van der Waals surface area contributed by atoms with Gasteiger partial charge in [-0.05, 0) is 30.5 Å². The maximum atomic E-state index is 11.6. The quantitative estimate of drug-likeness (QED) is 0.610. The molecule has 2 aromatic rings. The van der Waals surface area contributed by atoms with Crippen molar-refractivity contribution in [3.63, 3.8) is 0 Å². The summed E-state index contributed by atoms with van der Waals surface area (Å²) in [5.41, 5.74) is 2.42. The molecule has 0 aliphatic carbocycles. The maximum Gasteiger partial charge on any atom is 0.340 e. The molecule has 2 rings (SSSR count). The van der Waals surface area contributed by atoms with Crippen molar-refractivity contribution in [1.82, 2.24) is 0 Å². The van der Waals surface area contributed by atoms with Crippen molar-refractivity contribution in [3.8, 4) is 0 Å². The zero-order valence-electron chi connectivity index (χ0n) is 11.5. The second-order valence-electron chi connectivity index (χ2n) is 4.34. The molecule has 3 heteroatoms. The Bertz CT molecular complexity index is 591. The van der Waals surface area contributed by atoms with Crippen molar-refractivity contribution < 1.29 is 9.53 Å². The van der Waals surface area contributed by atoms with Gasteiger partial charge in [0.25, 0.3) is 0 Å². The number of esters is 1. The van der Waals surface area contributed by atoms with Gasteiger partial charge < -0.3 is 4.74 Å². The van der Waals surface area contributed by atoms with Gasteiger partial charge in [0.15, 0.2) is 0 Å². The van der Waals surface area contributed by atoms with E-state index in [1.54, 1.807) is 12.1 Å². The fraction of sp³-hybridized carbons (Fsp3) is 0.176. The number of hydrogen-bond donors (Lipinski definition) is 0. The Hall–Kier alpha value is -2.42. The second kappa shape index (κ2) is 7.24. The zero-order valence-corrected chi connectivity index (χ0v) is 11.5. The van der Waals surface area contributed by atoms with E-state index in [1.807, 2.05) is 36.5 Å². The normalized spacial score (nSPS) is 10.7. The van der Waals surface area contributed by atoms with Crippen LogP contribution in [0.15, 0.2) is 59.6 Å². The van der Waals surface area contributed by atoms with Crippen molar-refractivity contribution in [2.24, 2.45) is 4.99 Å². The number of methoxy groups -OCH3 is 1. The highest BCUT2D eigenvalue weighted by atomic mass is 16.5. The molecule has 0 radical (unpaired) electrons. The SMILES string of the molecule is COC(=O)c1ccccc1N=CCCc1ccccc1. The van der Waals surface area contributed by atoms with Crippen LogP contribution in [-0.4, -0.2) is 19.3 Å². The molecule has 0 spiro atoms. The number of carbonyl (C=O) groups excluding carboxylic acids is 1. The monoisotopic (exact) mass is 267 g/mol. The number of para-hydroxylation sites is 1. The molecule has 2 aromatic carbocycles. The molecule has 0 amide bonds. The summed E-state index contributed by atoms with van der Waals surface area (Å²) < 4.78 is 4.74. The van der Waals surface area contributed by atoms with E-state index in [0.717, 1.165) is 12.8 Å². The van der Waals surface area contributed by atoms with Crippen molar-refractivity contribution in [2.45, 2.75) is 12.8 Å². The van der Waals surface area contributed by atoms with Crippen LogP contribution in [0.2, 0.25) is 0 Å². The van der Waals surface area contributed by atoms with Gasteiger partial charge in [-0.1, -0.05) is 42.5 Å². The lowest BCUT2D eigenvalue weighted by molar-refractivity contribution is 0.0601. The average molecular weight is 267 g/mol. The van der Waals surface area contributed by atoms with E-state index >= 15 is 0 Å². The first-order valence-electron chi connectivity index (χ1n) is 6.55. The minimum atomic E-state index is -0.360. The number of aliphatic imine (C=N–C) groups is 1. The van der Waals surface area contributed by atoms with Crippen LogP contribution in [0.1, 0.15) is 22.3 Å². The van der Waals surface area contributed by atoms with Gasteiger partial charge >= 0.3 is 5.97 Å². The number of hydrogen-bond acceptors (Lipinski definition) is 3. The van der Waals surface area contributed by atoms with Crippen LogP contribution in [0.3, 0.4) is 0 Å². The first kappa shape index (κ1) is 14.0. The van der Waals surface area contributed by atoms with E-state index in [0.29, 0.717) is 11.3 Å². The van der Waals surface area contributed by atoms with E-state index in [9.17, 15) is 4.79 Å². The molecule has 0 saturated heterocycles. The van der Waals surface area contributed by atoms with Gasteiger partial charge in [-0.2, -0.15) is 0 Å². The number of carbonyl (C=O) groups is 1. The topological polar surface area (TPSA) is 38.7 Å². The summed E-state index contributed by atoms with van der Waals surface area (Å²) in [6, 6.07) is 17.4. The molecular formula is C17H17NO2. The number of ether oxygens (including phenoxy) is 1. The summed E-state index contributed by atoms with van der Waals surface area (Å²) in [7, 11) is 1.37. The average Bonchev–Trinajstić information content (AvgIpc) is 2.52. The highest BCUT2D eigenvalue weighted by molar-refractivity contribution is 5.95. The molecule has 0 aromatic heterocycles. The molecule has 102 valence electrons. The fourth-order valence-corrected chi connectivity index (χ4v) is 1.91. The first-order valence-corrected chi connectivity index (χ1v) is 6.55. The van der Waals surface area contributed by atoms with Crippen LogP contribution in [0.25, 0.3) is 0 Å². The van der Waals surface area contributed by atoms with Crippen molar-refractivity contribution in [3.05, 3.63) is 65.7 Å². The van der Waals surface area contributed by atoms with E-state index < -0.39 is 0 Å². The Morgan fingerprint density at radius 3 is 2.55 bits per heavy atom. The predicted molar refractivity (Wildman–Crippen MR) is 80.7 cm³/mol. The van der Waals surface area contributed by atoms with Crippen LogP contribution < -0.4 is 0 Å². The van der Waals surface area contributed by atoms with Gasteiger partial charge in [0, 0.05) is 6.21 Å². The van der Waals surface area contributed by atoms with Crippen LogP contribution in [0.5, 0.6) is 0 Å². The van der Waals surface area contributed by atoms with Crippen molar-refractivity contribution in [1.29, 1.82) is 0 Å². The summed E-state index contributed by atoms with van der Waals surface area (Å²) in [6.07, 6.45) is 3.61. The standard InChI is InChI=1S/C17H17NO2/c1-20-17(19)15-11-5-6-12-16(15)18-13-7-10-14-8-3-2-4-9-14/h2-6,8-9,11-13H,7,10H2,1H3. The molecule has 0 N–H and O–H groups in total. The van der Waals surface area contributed by atoms with E-state index in [2.05, 4.69) is 17.1 Å². The van der Waals surface area contributed by atoms with Crippen molar-refractivity contribution in [2.75, 3.05) is 7.11 Å². The summed E-state index contributed by atoms with van der Waals surface area (Å²) in [5, 5.41) is 0. The fourth-order valence-electron chi connectivity index (χ4n) is 1.91. The summed E-state index contributed by atoms with van der Waals surface area (Å²) in [4.78, 5) is 16.0. The second-order valence-corrected chi connectivity index (χ2v) is 4.34. The number of rotatable bonds is 5. The number of nitrogens with zero attached hydrogens (tertiary/aromatic N) is 1. The van der Waals surface area contributed by atoms with E-state index in [1.165, 1.54) is 12.7 Å². The molecule has 0 unspecified atom stereocenters. The zero-order chi connectivity index (χ0) is 14.2. The molecular weight excluding hydrogens is 250 g/mol. The third kappa shape index (κ3) is 3.79. The molecule has 0 aliphatic heterocycles. The van der Waals surface area contributed by atoms with Gasteiger partial charge in [-0.15, -0.1) is 0 Å². The predicted octanol–water partition coefficient (Wildman–Crippen LogP) is 3.81. The smallest absolute Gasteiger partial charge is 0.340 e. The Labute approximate surface area is 118 Å². The van der Waals surface area contributed by atoms with Crippen LogP contribution in [-0.2, 0) is 11.2 Å². The first-order chi connectivity index (χ1) is 9.81.